The van der Waals surface area contributed by atoms with E-state index in [1.165, 1.54) is 0 Å². The first-order valence-corrected chi connectivity index (χ1v) is 8.99. The quantitative estimate of drug-likeness (QED) is 0.817. The average Bonchev–Trinajstić information content (AvgIpc) is 3.16. The summed E-state index contributed by atoms with van der Waals surface area (Å²) < 4.78 is 17.0. The first-order chi connectivity index (χ1) is 12.6. The topological polar surface area (TPSA) is 56.8 Å². The molecule has 2 atom stereocenters. The smallest absolute Gasteiger partial charge is 0.265 e. The Bertz CT molecular complexity index is 723. The van der Waals surface area contributed by atoms with Gasteiger partial charge in [-0.3, -0.25) is 4.79 Å². The number of benzene rings is 2. The predicted molar refractivity (Wildman–Crippen MR) is 101 cm³/mol. The van der Waals surface area contributed by atoms with E-state index in [2.05, 4.69) is 5.32 Å². The van der Waals surface area contributed by atoms with Gasteiger partial charge < -0.3 is 19.5 Å². The molecule has 0 spiro atoms. The van der Waals surface area contributed by atoms with Crippen LogP contribution in [0, 0.1) is 6.92 Å². The summed E-state index contributed by atoms with van der Waals surface area (Å²) in [6.07, 6.45) is 1.75. The molecule has 1 aliphatic rings. The molecule has 26 heavy (non-hydrogen) atoms. The third-order valence-corrected chi connectivity index (χ3v) is 4.35. The van der Waals surface area contributed by atoms with Crippen LogP contribution < -0.4 is 14.8 Å². The van der Waals surface area contributed by atoms with E-state index in [4.69, 9.17) is 14.2 Å². The molecule has 0 bridgehead atoms. The zero-order valence-corrected chi connectivity index (χ0v) is 15.2. The summed E-state index contributed by atoms with van der Waals surface area (Å²) in [7, 11) is 0. The summed E-state index contributed by atoms with van der Waals surface area (Å²) in [6.45, 7) is 5.07. The Morgan fingerprint density at radius 3 is 2.69 bits per heavy atom. The first-order valence-electron chi connectivity index (χ1n) is 8.99. The van der Waals surface area contributed by atoms with E-state index >= 15 is 0 Å². The molecule has 0 aromatic heterocycles. The van der Waals surface area contributed by atoms with Gasteiger partial charge in [0.1, 0.15) is 18.1 Å². The maximum absolute atomic E-state index is 12.3. The minimum absolute atomic E-state index is 0.189. The van der Waals surface area contributed by atoms with E-state index in [0.717, 1.165) is 30.8 Å². The van der Waals surface area contributed by atoms with Crippen LogP contribution in [0.2, 0.25) is 0 Å². The Balaban J connectivity index is 1.49. The number of hydrogen-bond donors (Lipinski definition) is 1. The van der Waals surface area contributed by atoms with Gasteiger partial charge in [0.05, 0.1) is 6.10 Å². The highest BCUT2D eigenvalue weighted by Gasteiger charge is 2.17. The van der Waals surface area contributed by atoms with E-state index in [1.54, 1.807) is 6.92 Å². The van der Waals surface area contributed by atoms with Gasteiger partial charge in [-0.15, -0.1) is 0 Å². The highest BCUT2D eigenvalue weighted by Crippen LogP contribution is 2.20. The lowest BCUT2D eigenvalue weighted by Gasteiger charge is -2.16. The third-order valence-electron chi connectivity index (χ3n) is 4.35. The van der Waals surface area contributed by atoms with Crippen LogP contribution in [0.3, 0.4) is 0 Å². The lowest BCUT2D eigenvalue weighted by atomic mass is 10.2. The molecule has 1 saturated heterocycles. The fourth-order valence-corrected chi connectivity index (χ4v) is 2.78. The van der Waals surface area contributed by atoms with Crippen molar-refractivity contribution in [3.63, 3.8) is 0 Å². The van der Waals surface area contributed by atoms with Gasteiger partial charge in [-0.05, 0) is 62.6 Å². The van der Waals surface area contributed by atoms with Crippen LogP contribution in [0.5, 0.6) is 11.5 Å². The monoisotopic (exact) mass is 355 g/mol. The van der Waals surface area contributed by atoms with Crippen molar-refractivity contribution in [3.8, 4) is 11.5 Å². The SMILES string of the molecule is Cc1ccccc1O[C@@H](C)C(=O)Nc1ccc(OC[C@@H]2CCCO2)cc1. The highest BCUT2D eigenvalue weighted by atomic mass is 16.5. The van der Waals surface area contributed by atoms with Crippen LogP contribution in [-0.2, 0) is 9.53 Å². The lowest BCUT2D eigenvalue weighted by molar-refractivity contribution is -0.122. The zero-order chi connectivity index (χ0) is 18.4. The van der Waals surface area contributed by atoms with Crippen molar-refractivity contribution in [1.29, 1.82) is 0 Å². The van der Waals surface area contributed by atoms with E-state index in [1.807, 2.05) is 55.5 Å². The van der Waals surface area contributed by atoms with Crippen molar-refractivity contribution in [1.82, 2.24) is 0 Å². The Labute approximate surface area is 154 Å². The molecule has 1 fully saturated rings. The molecule has 3 rings (SSSR count). The average molecular weight is 355 g/mol. The van der Waals surface area contributed by atoms with Crippen LogP contribution in [0.4, 0.5) is 5.69 Å². The summed E-state index contributed by atoms with van der Waals surface area (Å²) in [4.78, 5) is 12.3. The zero-order valence-electron chi connectivity index (χ0n) is 15.2. The minimum atomic E-state index is -0.591. The molecular formula is C21H25NO4. The number of carbonyl (C=O) groups is 1. The summed E-state index contributed by atoms with van der Waals surface area (Å²) in [5.74, 6) is 1.29. The summed E-state index contributed by atoms with van der Waals surface area (Å²) in [5.41, 5.74) is 1.71. The fourth-order valence-electron chi connectivity index (χ4n) is 2.78. The molecule has 138 valence electrons. The molecule has 1 aliphatic heterocycles. The molecule has 2 aromatic rings. The summed E-state index contributed by atoms with van der Waals surface area (Å²) in [6, 6.07) is 15.0. The number of amides is 1. The number of para-hydroxylation sites is 1. The van der Waals surface area contributed by atoms with Crippen molar-refractivity contribution < 1.29 is 19.0 Å². The van der Waals surface area contributed by atoms with Gasteiger partial charge in [0.25, 0.3) is 5.91 Å². The largest absolute Gasteiger partial charge is 0.491 e. The van der Waals surface area contributed by atoms with Gasteiger partial charge in [0, 0.05) is 12.3 Å². The first kappa shape index (κ1) is 18.3. The number of anilines is 1. The van der Waals surface area contributed by atoms with Crippen molar-refractivity contribution in [2.24, 2.45) is 0 Å². The summed E-state index contributed by atoms with van der Waals surface area (Å²) in [5, 5.41) is 2.86. The summed E-state index contributed by atoms with van der Waals surface area (Å²) >= 11 is 0. The molecule has 1 N–H and O–H groups in total. The molecular weight excluding hydrogens is 330 g/mol. The minimum Gasteiger partial charge on any atom is -0.491 e. The van der Waals surface area contributed by atoms with Gasteiger partial charge >= 0.3 is 0 Å². The van der Waals surface area contributed by atoms with Crippen LogP contribution in [0.1, 0.15) is 25.3 Å². The van der Waals surface area contributed by atoms with E-state index < -0.39 is 6.10 Å². The van der Waals surface area contributed by atoms with Gasteiger partial charge in [0.2, 0.25) is 0 Å². The Kier molecular flexibility index (Phi) is 6.12. The predicted octanol–water partition coefficient (Wildman–Crippen LogP) is 3.96. The number of ether oxygens (including phenoxy) is 3. The third kappa shape index (κ3) is 4.99. The number of nitrogens with one attached hydrogen (secondary N) is 1. The standard InChI is InChI=1S/C21H25NO4/c1-15-6-3-4-8-20(15)26-16(2)21(23)22-17-9-11-18(12-10-17)25-14-19-7-5-13-24-19/h3-4,6,8-12,16,19H,5,7,13-14H2,1-2H3,(H,22,23)/t16-,19-/m0/s1. The van der Waals surface area contributed by atoms with Crippen LogP contribution in [0.15, 0.2) is 48.5 Å². The van der Waals surface area contributed by atoms with Crippen LogP contribution >= 0.6 is 0 Å². The Morgan fingerprint density at radius 2 is 2.00 bits per heavy atom. The van der Waals surface area contributed by atoms with Gasteiger partial charge in [-0.1, -0.05) is 18.2 Å². The lowest BCUT2D eigenvalue weighted by Crippen LogP contribution is -2.30. The molecule has 2 aromatic carbocycles. The highest BCUT2D eigenvalue weighted by molar-refractivity contribution is 5.94. The Morgan fingerprint density at radius 1 is 1.23 bits per heavy atom. The van der Waals surface area contributed by atoms with Crippen molar-refractivity contribution in [2.45, 2.75) is 38.9 Å². The van der Waals surface area contributed by atoms with E-state index in [9.17, 15) is 4.79 Å². The number of rotatable bonds is 7. The van der Waals surface area contributed by atoms with Gasteiger partial charge in [-0.2, -0.15) is 0 Å². The molecule has 0 unspecified atom stereocenters. The van der Waals surface area contributed by atoms with E-state index in [-0.39, 0.29) is 12.0 Å². The number of aryl methyl sites for hydroxylation is 1. The number of carbonyl (C=O) groups excluding carboxylic acids is 1. The second-order valence-electron chi connectivity index (χ2n) is 6.49. The van der Waals surface area contributed by atoms with Gasteiger partial charge in [0.15, 0.2) is 6.10 Å². The van der Waals surface area contributed by atoms with Gasteiger partial charge in [-0.25, -0.2) is 0 Å². The molecule has 0 radical (unpaired) electrons. The molecule has 1 amide bonds. The molecule has 5 nitrogen and oxygen atoms in total. The maximum atomic E-state index is 12.3. The molecule has 0 saturated carbocycles. The normalized spacial score (nSPS) is 17.5. The molecule has 5 heteroatoms. The Hall–Kier alpha value is -2.53. The maximum Gasteiger partial charge on any atom is 0.265 e. The van der Waals surface area contributed by atoms with E-state index in [0.29, 0.717) is 18.0 Å². The fraction of sp³-hybridized carbons (Fsp3) is 0.381. The molecule has 1 heterocycles. The van der Waals surface area contributed by atoms with Crippen molar-refractivity contribution >= 4 is 11.6 Å². The number of hydrogen-bond acceptors (Lipinski definition) is 4. The van der Waals surface area contributed by atoms with Crippen LogP contribution in [-0.4, -0.2) is 31.3 Å². The molecule has 0 aliphatic carbocycles. The van der Waals surface area contributed by atoms with Crippen molar-refractivity contribution in [2.75, 3.05) is 18.5 Å². The van der Waals surface area contributed by atoms with Crippen molar-refractivity contribution in [3.05, 3.63) is 54.1 Å². The van der Waals surface area contributed by atoms with Crippen LogP contribution in [0.25, 0.3) is 0 Å². The second-order valence-corrected chi connectivity index (χ2v) is 6.49. The second kappa shape index (κ2) is 8.72.